The number of nitrogens with one attached hydrogen (secondary N) is 1. The lowest BCUT2D eigenvalue weighted by Crippen LogP contribution is -2.53. The van der Waals surface area contributed by atoms with E-state index in [-0.39, 0.29) is 0 Å². The van der Waals surface area contributed by atoms with Crippen molar-refractivity contribution in [2.24, 2.45) is 0 Å². The molecule has 1 N–H and O–H groups in total. The fourth-order valence-corrected chi connectivity index (χ4v) is 1.83. The van der Waals surface area contributed by atoms with E-state index >= 15 is 0 Å². The van der Waals surface area contributed by atoms with E-state index in [9.17, 15) is 0 Å². The largest absolute Gasteiger partial charge is 0.252 e. The fraction of sp³-hybridized carbons (Fsp3) is 1.00. The Balaban J connectivity index is 1.96. The maximum atomic E-state index is 3.49. The van der Waals surface area contributed by atoms with Gasteiger partial charge in [-0.1, -0.05) is 0 Å². The van der Waals surface area contributed by atoms with Crippen LogP contribution in [-0.4, -0.2) is 24.1 Å². The molecule has 0 aliphatic carbocycles. The number of hydrogen-bond donors (Lipinski definition) is 1. The van der Waals surface area contributed by atoms with Crippen LogP contribution < -0.4 is 5.43 Å². The molecule has 0 spiro atoms. The monoisotopic (exact) mass is 126 g/mol. The van der Waals surface area contributed by atoms with Crippen LogP contribution in [0.5, 0.6) is 0 Å². The standard InChI is InChI=1S/C7H14N2/c1-3-7-4-2-6-9(5-1)8-7/h7-8H,1-6H2. The maximum absolute atomic E-state index is 3.49. The molecule has 0 aromatic rings. The molecule has 0 aromatic heterocycles. The molecule has 2 bridgehead atoms. The van der Waals surface area contributed by atoms with Crippen LogP contribution in [-0.2, 0) is 0 Å². The number of hydrazine groups is 1. The predicted octanol–water partition coefficient (Wildman–Crippen LogP) is 0.749. The Morgan fingerprint density at radius 3 is 2.22 bits per heavy atom. The molecular weight excluding hydrogens is 112 g/mol. The Labute approximate surface area is 56.2 Å². The van der Waals surface area contributed by atoms with E-state index in [2.05, 4.69) is 10.4 Å². The van der Waals surface area contributed by atoms with Gasteiger partial charge in [0.1, 0.15) is 0 Å². The summed E-state index contributed by atoms with van der Waals surface area (Å²) in [6, 6.07) is 0.826. The number of rotatable bonds is 0. The first-order valence-electron chi connectivity index (χ1n) is 3.96. The highest BCUT2D eigenvalue weighted by atomic mass is 15.5. The van der Waals surface area contributed by atoms with Crippen LogP contribution in [0.2, 0.25) is 0 Å². The topological polar surface area (TPSA) is 15.3 Å². The average molecular weight is 126 g/mol. The molecule has 2 rings (SSSR count). The summed E-state index contributed by atoms with van der Waals surface area (Å²) >= 11 is 0. The third-order valence-corrected chi connectivity index (χ3v) is 2.33. The van der Waals surface area contributed by atoms with Crippen molar-refractivity contribution in [1.29, 1.82) is 0 Å². The Hall–Kier alpha value is -0.0800. The second-order valence-electron chi connectivity index (χ2n) is 3.10. The third-order valence-electron chi connectivity index (χ3n) is 2.33. The first-order valence-corrected chi connectivity index (χ1v) is 3.96. The number of fused-ring (bicyclic) bond motifs is 2. The second kappa shape index (κ2) is 2.27. The maximum Gasteiger partial charge on any atom is 0.0216 e. The summed E-state index contributed by atoms with van der Waals surface area (Å²) in [7, 11) is 0. The van der Waals surface area contributed by atoms with Crippen molar-refractivity contribution < 1.29 is 0 Å². The van der Waals surface area contributed by atoms with Gasteiger partial charge in [-0.2, -0.15) is 0 Å². The van der Waals surface area contributed by atoms with Gasteiger partial charge in [-0.05, 0) is 25.7 Å². The minimum absolute atomic E-state index is 0.826. The lowest BCUT2D eigenvalue weighted by molar-refractivity contribution is 0.0720. The quantitative estimate of drug-likeness (QED) is 0.515. The first-order chi connectivity index (χ1) is 4.45. The van der Waals surface area contributed by atoms with Crippen molar-refractivity contribution >= 4 is 0 Å². The second-order valence-corrected chi connectivity index (χ2v) is 3.10. The SMILES string of the molecule is C1CC2CCCN(C1)N2. The normalized spacial score (nSPS) is 42.7. The summed E-state index contributed by atoms with van der Waals surface area (Å²) in [6.07, 6.45) is 5.60. The van der Waals surface area contributed by atoms with Gasteiger partial charge in [0.15, 0.2) is 0 Å². The van der Waals surface area contributed by atoms with Gasteiger partial charge >= 0.3 is 0 Å². The molecule has 2 aliphatic rings. The van der Waals surface area contributed by atoms with Gasteiger partial charge in [0.05, 0.1) is 0 Å². The molecule has 52 valence electrons. The summed E-state index contributed by atoms with van der Waals surface area (Å²) in [6.45, 7) is 2.55. The molecule has 0 saturated carbocycles. The highest BCUT2D eigenvalue weighted by Crippen LogP contribution is 2.16. The molecule has 0 amide bonds. The van der Waals surface area contributed by atoms with Crippen LogP contribution >= 0.6 is 0 Å². The summed E-state index contributed by atoms with van der Waals surface area (Å²) in [5.41, 5.74) is 3.49. The van der Waals surface area contributed by atoms with Crippen LogP contribution in [0.15, 0.2) is 0 Å². The molecular formula is C7H14N2. The zero-order chi connectivity index (χ0) is 6.10. The van der Waals surface area contributed by atoms with Gasteiger partial charge in [-0.15, -0.1) is 0 Å². The highest BCUT2D eigenvalue weighted by Gasteiger charge is 2.22. The molecule has 0 aromatic carbocycles. The smallest absolute Gasteiger partial charge is 0.0216 e. The average Bonchev–Trinajstić information content (AvgIpc) is 1.88. The van der Waals surface area contributed by atoms with Crippen molar-refractivity contribution in [3.8, 4) is 0 Å². The van der Waals surface area contributed by atoms with Gasteiger partial charge in [0.25, 0.3) is 0 Å². The van der Waals surface area contributed by atoms with E-state index in [4.69, 9.17) is 0 Å². The predicted molar refractivity (Wildman–Crippen MR) is 37.0 cm³/mol. The Kier molecular flexibility index (Phi) is 1.44. The number of nitrogens with zero attached hydrogens (tertiary/aromatic N) is 1. The summed E-state index contributed by atoms with van der Waals surface area (Å²) in [4.78, 5) is 0. The van der Waals surface area contributed by atoms with Crippen LogP contribution in [0, 0.1) is 0 Å². The van der Waals surface area contributed by atoms with Gasteiger partial charge in [-0.25, -0.2) is 5.01 Å². The van der Waals surface area contributed by atoms with Crippen LogP contribution in [0.3, 0.4) is 0 Å². The summed E-state index contributed by atoms with van der Waals surface area (Å²) in [5.74, 6) is 0. The molecule has 2 saturated heterocycles. The van der Waals surface area contributed by atoms with Crippen molar-refractivity contribution in [2.45, 2.75) is 31.7 Å². The third kappa shape index (κ3) is 1.10. The van der Waals surface area contributed by atoms with Crippen molar-refractivity contribution in [3.05, 3.63) is 0 Å². The van der Waals surface area contributed by atoms with Crippen LogP contribution in [0.1, 0.15) is 25.7 Å². The summed E-state index contributed by atoms with van der Waals surface area (Å²) in [5, 5.41) is 2.37. The molecule has 2 nitrogen and oxygen atoms in total. The van der Waals surface area contributed by atoms with E-state index in [0.717, 1.165) is 6.04 Å². The van der Waals surface area contributed by atoms with E-state index in [0.29, 0.717) is 0 Å². The number of hydrogen-bond acceptors (Lipinski definition) is 2. The highest BCUT2D eigenvalue weighted by molar-refractivity contribution is 4.76. The molecule has 9 heavy (non-hydrogen) atoms. The lowest BCUT2D eigenvalue weighted by Gasteiger charge is -2.38. The Morgan fingerprint density at radius 1 is 1.11 bits per heavy atom. The minimum atomic E-state index is 0.826. The van der Waals surface area contributed by atoms with Gasteiger partial charge in [0.2, 0.25) is 0 Å². The molecule has 2 heteroatoms. The summed E-state index contributed by atoms with van der Waals surface area (Å²) < 4.78 is 0. The Morgan fingerprint density at radius 2 is 1.78 bits per heavy atom. The zero-order valence-corrected chi connectivity index (χ0v) is 5.77. The van der Waals surface area contributed by atoms with Gasteiger partial charge in [-0.3, -0.25) is 5.43 Å². The van der Waals surface area contributed by atoms with Crippen molar-refractivity contribution in [3.63, 3.8) is 0 Å². The van der Waals surface area contributed by atoms with Crippen LogP contribution in [0.25, 0.3) is 0 Å². The van der Waals surface area contributed by atoms with Gasteiger partial charge in [0, 0.05) is 19.1 Å². The van der Waals surface area contributed by atoms with E-state index in [1.165, 1.54) is 38.8 Å². The molecule has 0 radical (unpaired) electrons. The Bertz CT molecular complexity index is 83.1. The van der Waals surface area contributed by atoms with E-state index in [1.54, 1.807) is 0 Å². The molecule has 2 fully saturated rings. The first kappa shape index (κ1) is 5.69. The van der Waals surface area contributed by atoms with Crippen molar-refractivity contribution in [2.75, 3.05) is 13.1 Å². The lowest BCUT2D eigenvalue weighted by atomic mass is 10.0. The van der Waals surface area contributed by atoms with Gasteiger partial charge < -0.3 is 0 Å². The van der Waals surface area contributed by atoms with E-state index < -0.39 is 0 Å². The molecule has 2 heterocycles. The molecule has 2 aliphatic heterocycles. The van der Waals surface area contributed by atoms with Crippen molar-refractivity contribution in [1.82, 2.24) is 10.4 Å². The minimum Gasteiger partial charge on any atom is -0.252 e. The van der Waals surface area contributed by atoms with E-state index in [1.807, 2.05) is 0 Å². The molecule has 0 unspecified atom stereocenters. The molecule has 0 atom stereocenters. The fourth-order valence-electron chi connectivity index (χ4n) is 1.83. The van der Waals surface area contributed by atoms with Crippen LogP contribution in [0.4, 0.5) is 0 Å². The zero-order valence-electron chi connectivity index (χ0n) is 5.77.